The predicted molar refractivity (Wildman–Crippen MR) is 72.8 cm³/mol. The Kier molecular flexibility index (Phi) is 4.24. The van der Waals surface area contributed by atoms with Crippen molar-refractivity contribution >= 4 is 17.3 Å². The van der Waals surface area contributed by atoms with Crippen LogP contribution in [0.2, 0.25) is 0 Å². The van der Waals surface area contributed by atoms with Crippen LogP contribution in [0.4, 0.5) is 15.8 Å². The van der Waals surface area contributed by atoms with Crippen LogP contribution in [0, 0.1) is 11.7 Å². The molecular formula is C14H19FN2O2. The highest BCUT2D eigenvalue weighted by Gasteiger charge is 2.16. The number of hydrogen-bond acceptors (Lipinski definition) is 3. The molecular weight excluding hydrogens is 247 g/mol. The Hall–Kier alpha value is -1.78. The molecule has 104 valence electrons. The average molecular weight is 266 g/mol. The fraction of sp³-hybridized carbons (Fsp3) is 0.500. The third kappa shape index (κ3) is 3.36. The highest BCUT2D eigenvalue weighted by molar-refractivity contribution is 5.94. The molecule has 0 aromatic heterocycles. The van der Waals surface area contributed by atoms with Crippen LogP contribution in [0.15, 0.2) is 12.1 Å². The van der Waals surface area contributed by atoms with Crippen molar-refractivity contribution < 1.29 is 14.3 Å². The second kappa shape index (κ2) is 5.91. The topological polar surface area (TPSA) is 75.3 Å². The quantitative estimate of drug-likeness (QED) is 0.716. The summed E-state index contributed by atoms with van der Waals surface area (Å²) in [5.74, 6) is -0.937. The number of hydrogen-bond donors (Lipinski definition) is 3. The summed E-state index contributed by atoms with van der Waals surface area (Å²) in [4.78, 5) is 10.9. The zero-order chi connectivity index (χ0) is 13.8. The zero-order valence-electron chi connectivity index (χ0n) is 10.8. The van der Waals surface area contributed by atoms with Crippen molar-refractivity contribution in [2.45, 2.75) is 32.1 Å². The molecule has 2 rings (SSSR count). The van der Waals surface area contributed by atoms with Gasteiger partial charge in [-0.2, -0.15) is 0 Å². The van der Waals surface area contributed by atoms with Crippen LogP contribution in [0.3, 0.4) is 0 Å². The molecule has 1 aromatic carbocycles. The minimum absolute atomic E-state index is 0.0497. The number of carbonyl (C=O) groups is 1. The Morgan fingerprint density at radius 1 is 1.42 bits per heavy atom. The smallest absolute Gasteiger partial charge is 0.337 e. The largest absolute Gasteiger partial charge is 0.478 e. The summed E-state index contributed by atoms with van der Waals surface area (Å²) in [7, 11) is 0. The number of anilines is 2. The number of benzene rings is 1. The maximum absolute atomic E-state index is 13.7. The van der Waals surface area contributed by atoms with Gasteiger partial charge in [0.2, 0.25) is 0 Å². The van der Waals surface area contributed by atoms with E-state index in [0.29, 0.717) is 12.5 Å². The number of aromatic carboxylic acids is 1. The summed E-state index contributed by atoms with van der Waals surface area (Å²) in [6.07, 6.45) is 6.04. The molecule has 0 heterocycles. The van der Waals surface area contributed by atoms with Gasteiger partial charge in [-0.05, 0) is 24.5 Å². The lowest BCUT2D eigenvalue weighted by atomic mass is 10.0. The van der Waals surface area contributed by atoms with E-state index in [1.54, 1.807) is 0 Å². The molecule has 5 heteroatoms. The van der Waals surface area contributed by atoms with E-state index in [-0.39, 0.29) is 16.9 Å². The van der Waals surface area contributed by atoms with E-state index in [0.717, 1.165) is 12.5 Å². The van der Waals surface area contributed by atoms with E-state index in [9.17, 15) is 9.18 Å². The maximum Gasteiger partial charge on any atom is 0.337 e. The molecule has 0 saturated heterocycles. The predicted octanol–water partition coefficient (Wildman–Crippen LogP) is 3.10. The Balaban J connectivity index is 1.98. The van der Waals surface area contributed by atoms with Gasteiger partial charge >= 0.3 is 5.97 Å². The molecule has 19 heavy (non-hydrogen) atoms. The molecule has 4 nitrogen and oxygen atoms in total. The van der Waals surface area contributed by atoms with Crippen LogP contribution in [0.25, 0.3) is 0 Å². The average Bonchev–Trinajstić information content (AvgIpc) is 2.84. The molecule has 1 saturated carbocycles. The Bertz CT molecular complexity index is 471. The number of rotatable bonds is 5. The molecule has 1 aliphatic carbocycles. The van der Waals surface area contributed by atoms with E-state index in [1.807, 2.05) is 0 Å². The van der Waals surface area contributed by atoms with Gasteiger partial charge in [-0.1, -0.05) is 25.7 Å². The van der Waals surface area contributed by atoms with Crippen molar-refractivity contribution in [3.63, 3.8) is 0 Å². The number of carboxylic acid groups (broad SMARTS) is 1. The summed E-state index contributed by atoms with van der Waals surface area (Å²) in [5, 5.41) is 11.9. The normalized spacial score (nSPS) is 15.6. The van der Waals surface area contributed by atoms with Gasteiger partial charge in [-0.15, -0.1) is 0 Å². The fourth-order valence-electron chi connectivity index (χ4n) is 2.62. The summed E-state index contributed by atoms with van der Waals surface area (Å²) in [6, 6.07) is 2.32. The third-order valence-corrected chi connectivity index (χ3v) is 3.71. The standard InChI is InChI=1S/C14H19FN2O2/c15-11-8-12(16)10(14(18)19)7-13(11)17-6-5-9-3-1-2-4-9/h7-9,17H,1-6,16H2,(H,18,19). The molecule has 4 N–H and O–H groups in total. The van der Waals surface area contributed by atoms with Crippen LogP contribution >= 0.6 is 0 Å². The van der Waals surface area contributed by atoms with E-state index in [4.69, 9.17) is 10.8 Å². The molecule has 0 bridgehead atoms. The maximum atomic E-state index is 13.7. The van der Waals surface area contributed by atoms with Crippen molar-refractivity contribution in [3.8, 4) is 0 Å². The van der Waals surface area contributed by atoms with Gasteiger partial charge < -0.3 is 16.2 Å². The van der Waals surface area contributed by atoms with Crippen LogP contribution in [0.5, 0.6) is 0 Å². The van der Waals surface area contributed by atoms with Crippen LogP contribution in [-0.4, -0.2) is 17.6 Å². The lowest BCUT2D eigenvalue weighted by Gasteiger charge is -2.12. The van der Waals surface area contributed by atoms with Crippen LogP contribution < -0.4 is 11.1 Å². The molecule has 0 aliphatic heterocycles. The van der Waals surface area contributed by atoms with Gasteiger partial charge in [0.05, 0.1) is 11.3 Å². The number of nitrogens with two attached hydrogens (primary N) is 1. The number of nitrogens with one attached hydrogen (secondary N) is 1. The summed E-state index contributed by atoms with van der Waals surface area (Å²) >= 11 is 0. The second-order valence-electron chi connectivity index (χ2n) is 5.09. The van der Waals surface area contributed by atoms with Crippen molar-refractivity contribution in [2.24, 2.45) is 5.92 Å². The first kappa shape index (κ1) is 13.6. The van der Waals surface area contributed by atoms with E-state index in [2.05, 4.69) is 5.32 Å². The van der Waals surface area contributed by atoms with Crippen LogP contribution in [0.1, 0.15) is 42.5 Å². The highest BCUT2D eigenvalue weighted by Crippen LogP contribution is 2.28. The minimum atomic E-state index is -1.14. The van der Waals surface area contributed by atoms with E-state index in [1.165, 1.54) is 31.7 Å². The SMILES string of the molecule is Nc1cc(F)c(NCCC2CCCC2)cc1C(=O)O. The molecule has 0 spiro atoms. The van der Waals surface area contributed by atoms with Crippen molar-refractivity contribution in [3.05, 3.63) is 23.5 Å². The first-order chi connectivity index (χ1) is 9.08. The fourth-order valence-corrected chi connectivity index (χ4v) is 2.62. The van der Waals surface area contributed by atoms with Crippen LogP contribution in [-0.2, 0) is 0 Å². The monoisotopic (exact) mass is 266 g/mol. The molecule has 0 radical (unpaired) electrons. The first-order valence-corrected chi connectivity index (χ1v) is 6.64. The summed E-state index contributed by atoms with van der Waals surface area (Å²) < 4.78 is 13.7. The Morgan fingerprint density at radius 2 is 2.11 bits per heavy atom. The number of halogens is 1. The lowest BCUT2D eigenvalue weighted by Crippen LogP contribution is -2.10. The van der Waals surface area contributed by atoms with Crippen molar-refractivity contribution in [2.75, 3.05) is 17.6 Å². The molecule has 0 atom stereocenters. The highest BCUT2D eigenvalue weighted by atomic mass is 19.1. The van der Waals surface area contributed by atoms with Crippen molar-refractivity contribution in [1.82, 2.24) is 0 Å². The van der Waals surface area contributed by atoms with Crippen molar-refractivity contribution in [1.29, 1.82) is 0 Å². The van der Waals surface area contributed by atoms with E-state index >= 15 is 0 Å². The molecule has 1 fully saturated rings. The summed E-state index contributed by atoms with van der Waals surface area (Å²) in [6.45, 7) is 0.657. The molecule has 0 amide bonds. The zero-order valence-corrected chi connectivity index (χ0v) is 10.8. The lowest BCUT2D eigenvalue weighted by molar-refractivity contribution is 0.0698. The van der Waals surface area contributed by atoms with E-state index < -0.39 is 11.8 Å². The van der Waals surface area contributed by atoms with Gasteiger partial charge in [0.25, 0.3) is 0 Å². The third-order valence-electron chi connectivity index (χ3n) is 3.71. The van der Waals surface area contributed by atoms with Gasteiger partial charge in [-0.25, -0.2) is 9.18 Å². The number of carboxylic acids is 1. The summed E-state index contributed by atoms with van der Waals surface area (Å²) in [5.41, 5.74) is 5.57. The molecule has 0 unspecified atom stereocenters. The first-order valence-electron chi connectivity index (χ1n) is 6.64. The molecule has 1 aromatic rings. The Labute approximate surface area is 111 Å². The number of nitrogen functional groups attached to an aromatic ring is 1. The van der Waals surface area contributed by atoms with Gasteiger partial charge in [0, 0.05) is 12.2 Å². The van der Waals surface area contributed by atoms with Gasteiger partial charge in [0.15, 0.2) is 0 Å². The Morgan fingerprint density at radius 3 is 2.74 bits per heavy atom. The van der Waals surface area contributed by atoms with Gasteiger partial charge in [0.1, 0.15) is 5.82 Å². The molecule has 1 aliphatic rings. The second-order valence-corrected chi connectivity index (χ2v) is 5.09. The minimum Gasteiger partial charge on any atom is -0.478 e. The van der Waals surface area contributed by atoms with Gasteiger partial charge in [-0.3, -0.25) is 0 Å².